The molecule has 0 radical (unpaired) electrons. The third-order valence-corrected chi connectivity index (χ3v) is 3.11. The summed E-state index contributed by atoms with van der Waals surface area (Å²) in [5.74, 6) is -2.08. The standard InChI is InChI=1S/C10H11BrFNO3/c11-5-3-6(14)10(15)9(12)8(5)7-4-13-1-2-16-7/h3,7,13-15H,1-2,4H2. The fourth-order valence-electron chi connectivity index (χ4n) is 1.66. The summed E-state index contributed by atoms with van der Waals surface area (Å²) >= 11 is 3.15. The van der Waals surface area contributed by atoms with Gasteiger partial charge < -0.3 is 20.3 Å². The van der Waals surface area contributed by atoms with Crippen molar-refractivity contribution in [3.8, 4) is 11.5 Å². The molecule has 1 aliphatic heterocycles. The van der Waals surface area contributed by atoms with Gasteiger partial charge in [-0.05, 0) is 6.07 Å². The lowest BCUT2D eigenvalue weighted by Gasteiger charge is -2.25. The van der Waals surface area contributed by atoms with Crippen LogP contribution in [-0.4, -0.2) is 29.9 Å². The first-order valence-electron chi connectivity index (χ1n) is 4.83. The number of hydrogen-bond acceptors (Lipinski definition) is 4. The fourth-order valence-corrected chi connectivity index (χ4v) is 2.30. The number of ether oxygens (including phenoxy) is 1. The van der Waals surface area contributed by atoms with Crippen LogP contribution in [0.1, 0.15) is 11.7 Å². The molecule has 0 saturated carbocycles. The van der Waals surface area contributed by atoms with Gasteiger partial charge in [-0.15, -0.1) is 0 Å². The van der Waals surface area contributed by atoms with Crippen molar-refractivity contribution in [1.29, 1.82) is 0 Å². The van der Waals surface area contributed by atoms with Crippen LogP contribution in [-0.2, 0) is 4.74 Å². The molecule has 1 atom stereocenters. The molecule has 16 heavy (non-hydrogen) atoms. The van der Waals surface area contributed by atoms with Gasteiger partial charge in [0.05, 0.1) is 12.7 Å². The van der Waals surface area contributed by atoms with Crippen molar-refractivity contribution in [3.05, 3.63) is 21.9 Å². The second-order valence-corrected chi connectivity index (χ2v) is 4.37. The van der Waals surface area contributed by atoms with E-state index in [0.717, 1.165) is 6.54 Å². The Labute approximate surface area is 100 Å². The molecule has 0 spiro atoms. The van der Waals surface area contributed by atoms with Gasteiger partial charge in [0, 0.05) is 23.1 Å². The number of halogens is 2. The topological polar surface area (TPSA) is 61.7 Å². The van der Waals surface area contributed by atoms with Crippen molar-refractivity contribution >= 4 is 15.9 Å². The maximum atomic E-state index is 13.8. The minimum absolute atomic E-state index is 0.225. The predicted molar refractivity (Wildman–Crippen MR) is 59.0 cm³/mol. The van der Waals surface area contributed by atoms with Crippen LogP contribution < -0.4 is 5.32 Å². The average molecular weight is 292 g/mol. The number of nitrogens with one attached hydrogen (secondary N) is 1. The minimum atomic E-state index is -0.847. The zero-order chi connectivity index (χ0) is 11.7. The van der Waals surface area contributed by atoms with Crippen LogP contribution in [0.4, 0.5) is 4.39 Å². The molecule has 4 nitrogen and oxygen atoms in total. The normalized spacial score (nSPS) is 21.0. The molecular weight excluding hydrogens is 281 g/mol. The van der Waals surface area contributed by atoms with Gasteiger partial charge in [-0.25, -0.2) is 4.39 Å². The second-order valence-electron chi connectivity index (χ2n) is 3.52. The molecular formula is C10H11BrFNO3. The Balaban J connectivity index is 2.42. The third-order valence-electron chi connectivity index (χ3n) is 2.46. The summed E-state index contributed by atoms with van der Waals surface area (Å²) in [5, 5.41) is 21.6. The molecule has 0 aliphatic carbocycles. The van der Waals surface area contributed by atoms with Gasteiger partial charge in [0.2, 0.25) is 0 Å². The molecule has 1 aliphatic rings. The molecule has 0 aromatic heterocycles. The maximum absolute atomic E-state index is 13.8. The average Bonchev–Trinajstić information content (AvgIpc) is 2.28. The van der Waals surface area contributed by atoms with Gasteiger partial charge in [-0.1, -0.05) is 15.9 Å². The van der Waals surface area contributed by atoms with Crippen molar-refractivity contribution in [3.63, 3.8) is 0 Å². The van der Waals surface area contributed by atoms with E-state index in [2.05, 4.69) is 21.2 Å². The van der Waals surface area contributed by atoms with Gasteiger partial charge in [0.1, 0.15) is 0 Å². The van der Waals surface area contributed by atoms with Gasteiger partial charge >= 0.3 is 0 Å². The van der Waals surface area contributed by atoms with Crippen LogP contribution in [0, 0.1) is 5.82 Å². The lowest BCUT2D eigenvalue weighted by molar-refractivity contribution is 0.0247. The Morgan fingerprint density at radius 3 is 2.88 bits per heavy atom. The van der Waals surface area contributed by atoms with Crippen molar-refractivity contribution in [2.45, 2.75) is 6.10 Å². The lowest BCUT2D eigenvalue weighted by Crippen LogP contribution is -2.34. The monoisotopic (exact) mass is 291 g/mol. The van der Waals surface area contributed by atoms with Gasteiger partial charge in [-0.2, -0.15) is 0 Å². The Morgan fingerprint density at radius 2 is 2.25 bits per heavy atom. The van der Waals surface area contributed by atoms with Crippen molar-refractivity contribution < 1.29 is 19.3 Å². The van der Waals surface area contributed by atoms with E-state index in [1.54, 1.807) is 0 Å². The molecule has 88 valence electrons. The highest BCUT2D eigenvalue weighted by molar-refractivity contribution is 9.10. The Morgan fingerprint density at radius 1 is 1.50 bits per heavy atom. The molecule has 1 aromatic carbocycles. The van der Waals surface area contributed by atoms with E-state index in [1.165, 1.54) is 6.07 Å². The van der Waals surface area contributed by atoms with E-state index in [-0.39, 0.29) is 5.56 Å². The Hall–Kier alpha value is -0.850. The van der Waals surface area contributed by atoms with E-state index in [0.29, 0.717) is 17.6 Å². The molecule has 1 fully saturated rings. The molecule has 1 saturated heterocycles. The second kappa shape index (κ2) is 4.57. The smallest absolute Gasteiger partial charge is 0.194 e. The molecule has 1 unspecified atom stereocenters. The zero-order valence-electron chi connectivity index (χ0n) is 8.33. The van der Waals surface area contributed by atoms with Crippen molar-refractivity contribution in [2.75, 3.05) is 19.7 Å². The summed E-state index contributed by atoms with van der Waals surface area (Å²) in [4.78, 5) is 0. The third kappa shape index (κ3) is 2.00. The molecule has 0 amide bonds. The van der Waals surface area contributed by atoms with E-state index in [1.807, 2.05) is 0 Å². The molecule has 1 heterocycles. The summed E-state index contributed by atoms with van der Waals surface area (Å²) in [6.07, 6.45) is -0.463. The van der Waals surface area contributed by atoms with E-state index >= 15 is 0 Å². The Bertz CT molecular complexity index is 408. The summed E-state index contributed by atoms with van der Waals surface area (Å²) in [6, 6.07) is 1.26. The number of morpholine rings is 1. The largest absolute Gasteiger partial charge is 0.504 e. The van der Waals surface area contributed by atoms with Gasteiger partial charge in [-0.3, -0.25) is 0 Å². The van der Waals surface area contributed by atoms with E-state index in [4.69, 9.17) is 4.74 Å². The van der Waals surface area contributed by atoms with Crippen molar-refractivity contribution in [2.24, 2.45) is 0 Å². The SMILES string of the molecule is Oc1cc(Br)c(C2CNCCO2)c(F)c1O. The molecule has 1 aromatic rings. The predicted octanol–water partition coefficient (Wildman–Crippen LogP) is 1.66. The van der Waals surface area contributed by atoms with E-state index in [9.17, 15) is 14.6 Å². The summed E-state index contributed by atoms with van der Waals surface area (Å²) in [5.41, 5.74) is 0.225. The first kappa shape index (κ1) is 11.6. The van der Waals surface area contributed by atoms with Gasteiger partial charge in [0.25, 0.3) is 0 Å². The highest BCUT2D eigenvalue weighted by atomic mass is 79.9. The van der Waals surface area contributed by atoms with Crippen LogP contribution in [0.5, 0.6) is 11.5 Å². The first-order chi connectivity index (χ1) is 7.61. The summed E-state index contributed by atoms with van der Waals surface area (Å²) in [6.45, 7) is 1.68. The van der Waals surface area contributed by atoms with Crippen LogP contribution in [0.15, 0.2) is 10.5 Å². The van der Waals surface area contributed by atoms with E-state index < -0.39 is 23.4 Å². The quantitative estimate of drug-likeness (QED) is 0.689. The van der Waals surface area contributed by atoms with Crippen LogP contribution in [0.25, 0.3) is 0 Å². The first-order valence-corrected chi connectivity index (χ1v) is 5.62. The minimum Gasteiger partial charge on any atom is -0.504 e. The number of rotatable bonds is 1. The number of hydrogen-bond donors (Lipinski definition) is 3. The van der Waals surface area contributed by atoms with Crippen LogP contribution in [0.3, 0.4) is 0 Å². The Kier molecular flexibility index (Phi) is 3.32. The number of aromatic hydroxyl groups is 2. The number of phenolic OH excluding ortho intramolecular Hbond substituents is 2. The maximum Gasteiger partial charge on any atom is 0.194 e. The molecule has 0 bridgehead atoms. The fraction of sp³-hybridized carbons (Fsp3) is 0.400. The molecule has 3 N–H and O–H groups in total. The summed E-state index contributed by atoms with van der Waals surface area (Å²) in [7, 11) is 0. The lowest BCUT2D eigenvalue weighted by atomic mass is 10.1. The zero-order valence-corrected chi connectivity index (χ0v) is 9.92. The highest BCUT2D eigenvalue weighted by Crippen LogP contribution is 2.39. The highest BCUT2D eigenvalue weighted by Gasteiger charge is 2.25. The van der Waals surface area contributed by atoms with Gasteiger partial charge in [0.15, 0.2) is 17.3 Å². The summed E-state index contributed by atoms with van der Waals surface area (Å²) < 4.78 is 19.5. The number of phenols is 2. The van der Waals surface area contributed by atoms with Crippen LogP contribution >= 0.6 is 15.9 Å². The van der Waals surface area contributed by atoms with Crippen molar-refractivity contribution in [1.82, 2.24) is 5.32 Å². The van der Waals surface area contributed by atoms with Crippen LogP contribution in [0.2, 0.25) is 0 Å². The molecule has 6 heteroatoms. The molecule has 2 rings (SSSR count). The number of benzene rings is 1.